The third-order valence-electron chi connectivity index (χ3n) is 2.89. The normalized spacial score (nSPS) is 10.9. The minimum absolute atomic E-state index is 0.432. The standard InChI is InChI=1S/C13H10N2O2/c1-17-9-3-5-13-11(7-9)10-6-8(15-16)2-4-12(10)14-13/h2-7,14H,1H3. The summed E-state index contributed by atoms with van der Waals surface area (Å²) in [4.78, 5) is 13.8. The van der Waals surface area contributed by atoms with Gasteiger partial charge in [0.15, 0.2) is 0 Å². The molecule has 0 atom stereocenters. The molecule has 0 saturated carbocycles. The Balaban J connectivity index is 2.41. The first-order valence-corrected chi connectivity index (χ1v) is 5.24. The van der Waals surface area contributed by atoms with Crippen molar-refractivity contribution in [2.24, 2.45) is 5.18 Å². The first-order chi connectivity index (χ1) is 8.31. The highest BCUT2D eigenvalue weighted by Crippen LogP contribution is 2.31. The van der Waals surface area contributed by atoms with E-state index in [-0.39, 0.29) is 0 Å². The van der Waals surface area contributed by atoms with Crippen molar-refractivity contribution in [2.75, 3.05) is 7.11 Å². The number of aromatic nitrogens is 1. The maximum atomic E-state index is 10.5. The minimum Gasteiger partial charge on any atom is -0.497 e. The number of nitrogens with zero attached hydrogens (tertiary/aromatic N) is 1. The second-order valence-corrected chi connectivity index (χ2v) is 3.86. The molecule has 1 heterocycles. The lowest BCUT2D eigenvalue weighted by atomic mass is 10.1. The summed E-state index contributed by atoms with van der Waals surface area (Å²) < 4.78 is 5.20. The molecule has 2 aromatic carbocycles. The predicted octanol–water partition coefficient (Wildman–Crippen LogP) is 3.73. The largest absolute Gasteiger partial charge is 0.497 e. The topological polar surface area (TPSA) is 54.4 Å². The van der Waals surface area contributed by atoms with Gasteiger partial charge in [-0.05, 0) is 41.6 Å². The molecule has 4 nitrogen and oxygen atoms in total. The zero-order chi connectivity index (χ0) is 11.8. The maximum absolute atomic E-state index is 10.5. The highest BCUT2D eigenvalue weighted by atomic mass is 16.5. The molecule has 0 aliphatic carbocycles. The van der Waals surface area contributed by atoms with E-state index in [2.05, 4.69) is 10.2 Å². The van der Waals surface area contributed by atoms with Crippen LogP contribution >= 0.6 is 0 Å². The van der Waals surface area contributed by atoms with E-state index in [1.54, 1.807) is 19.2 Å². The average Bonchev–Trinajstić information content (AvgIpc) is 2.75. The van der Waals surface area contributed by atoms with E-state index in [1.165, 1.54) is 0 Å². The van der Waals surface area contributed by atoms with Crippen molar-refractivity contribution in [3.63, 3.8) is 0 Å². The van der Waals surface area contributed by atoms with Gasteiger partial charge >= 0.3 is 0 Å². The number of rotatable bonds is 2. The van der Waals surface area contributed by atoms with Crippen LogP contribution in [-0.2, 0) is 0 Å². The summed E-state index contributed by atoms with van der Waals surface area (Å²) >= 11 is 0. The molecule has 0 aliphatic heterocycles. The van der Waals surface area contributed by atoms with Gasteiger partial charge in [0.2, 0.25) is 0 Å². The number of hydrogen-bond acceptors (Lipinski definition) is 3. The summed E-state index contributed by atoms with van der Waals surface area (Å²) in [6.45, 7) is 0. The van der Waals surface area contributed by atoms with Crippen molar-refractivity contribution >= 4 is 27.5 Å². The first kappa shape index (κ1) is 9.84. The van der Waals surface area contributed by atoms with Gasteiger partial charge in [-0.1, -0.05) is 0 Å². The molecule has 84 valence electrons. The van der Waals surface area contributed by atoms with Gasteiger partial charge in [-0.3, -0.25) is 0 Å². The smallest absolute Gasteiger partial charge is 0.119 e. The van der Waals surface area contributed by atoms with Crippen molar-refractivity contribution in [3.05, 3.63) is 41.3 Å². The van der Waals surface area contributed by atoms with E-state index in [0.29, 0.717) is 5.69 Å². The lowest BCUT2D eigenvalue weighted by Gasteiger charge is -1.98. The summed E-state index contributed by atoms with van der Waals surface area (Å²) in [5.74, 6) is 0.794. The molecule has 3 rings (SSSR count). The number of ether oxygens (including phenoxy) is 1. The van der Waals surface area contributed by atoms with Crippen LogP contribution in [0.5, 0.6) is 5.75 Å². The zero-order valence-corrected chi connectivity index (χ0v) is 9.23. The Labute approximate surface area is 97.2 Å². The molecule has 0 spiro atoms. The lowest BCUT2D eigenvalue weighted by molar-refractivity contribution is 0.415. The SMILES string of the molecule is COc1ccc2[nH]c3ccc(N=O)cc3c2c1. The Kier molecular flexibility index (Phi) is 2.08. The molecule has 1 aromatic heterocycles. The molecule has 0 bridgehead atoms. The van der Waals surface area contributed by atoms with E-state index in [1.807, 2.05) is 24.3 Å². The van der Waals surface area contributed by atoms with Crippen LogP contribution in [0.15, 0.2) is 41.6 Å². The summed E-state index contributed by atoms with van der Waals surface area (Å²) in [6, 6.07) is 11.1. The summed E-state index contributed by atoms with van der Waals surface area (Å²) in [6.07, 6.45) is 0. The molecule has 1 N–H and O–H groups in total. The van der Waals surface area contributed by atoms with Crippen LogP contribution in [0.3, 0.4) is 0 Å². The van der Waals surface area contributed by atoms with Gasteiger partial charge in [-0.25, -0.2) is 0 Å². The maximum Gasteiger partial charge on any atom is 0.119 e. The summed E-state index contributed by atoms with van der Waals surface area (Å²) in [5, 5.41) is 4.97. The number of benzene rings is 2. The predicted molar refractivity (Wildman–Crippen MR) is 67.8 cm³/mol. The van der Waals surface area contributed by atoms with Crippen molar-refractivity contribution in [1.82, 2.24) is 4.98 Å². The van der Waals surface area contributed by atoms with Crippen molar-refractivity contribution < 1.29 is 4.74 Å². The number of H-pyrrole nitrogens is 1. The highest BCUT2D eigenvalue weighted by Gasteiger charge is 2.06. The Morgan fingerprint density at radius 3 is 2.47 bits per heavy atom. The molecule has 17 heavy (non-hydrogen) atoms. The molecule has 0 unspecified atom stereocenters. The average molecular weight is 226 g/mol. The Morgan fingerprint density at radius 1 is 1.06 bits per heavy atom. The van der Waals surface area contributed by atoms with Crippen LogP contribution in [0.25, 0.3) is 21.8 Å². The molecule has 0 radical (unpaired) electrons. The Hall–Kier alpha value is -2.36. The van der Waals surface area contributed by atoms with E-state index < -0.39 is 0 Å². The van der Waals surface area contributed by atoms with E-state index in [9.17, 15) is 4.91 Å². The molecule has 4 heteroatoms. The highest BCUT2D eigenvalue weighted by molar-refractivity contribution is 6.08. The van der Waals surface area contributed by atoms with Gasteiger partial charge in [0.25, 0.3) is 0 Å². The summed E-state index contributed by atoms with van der Waals surface area (Å²) in [5.41, 5.74) is 2.44. The quantitative estimate of drug-likeness (QED) is 0.677. The number of fused-ring (bicyclic) bond motifs is 3. The molecule has 0 fully saturated rings. The number of nitroso groups, excluding NO2 is 1. The molecule has 3 aromatic rings. The van der Waals surface area contributed by atoms with Crippen LogP contribution in [-0.4, -0.2) is 12.1 Å². The van der Waals surface area contributed by atoms with Gasteiger partial charge in [0.1, 0.15) is 11.4 Å². The monoisotopic (exact) mass is 226 g/mol. The molecule has 0 saturated heterocycles. The van der Waals surface area contributed by atoms with Crippen LogP contribution in [0.1, 0.15) is 0 Å². The van der Waals surface area contributed by atoms with Gasteiger partial charge in [-0.15, -0.1) is 4.91 Å². The second-order valence-electron chi connectivity index (χ2n) is 3.86. The molecule has 0 aliphatic rings. The molecular weight excluding hydrogens is 216 g/mol. The van der Waals surface area contributed by atoms with Crippen molar-refractivity contribution in [3.8, 4) is 5.75 Å². The Morgan fingerprint density at radius 2 is 1.76 bits per heavy atom. The zero-order valence-electron chi connectivity index (χ0n) is 9.23. The van der Waals surface area contributed by atoms with Crippen molar-refractivity contribution in [2.45, 2.75) is 0 Å². The van der Waals surface area contributed by atoms with Crippen LogP contribution < -0.4 is 4.74 Å². The van der Waals surface area contributed by atoms with Gasteiger partial charge in [0.05, 0.1) is 7.11 Å². The van der Waals surface area contributed by atoms with Crippen LogP contribution in [0.4, 0.5) is 5.69 Å². The van der Waals surface area contributed by atoms with E-state index >= 15 is 0 Å². The van der Waals surface area contributed by atoms with Crippen molar-refractivity contribution in [1.29, 1.82) is 0 Å². The second kappa shape index (κ2) is 3.59. The number of methoxy groups -OCH3 is 1. The van der Waals surface area contributed by atoms with E-state index in [4.69, 9.17) is 4.74 Å². The fraction of sp³-hybridized carbons (Fsp3) is 0.0769. The number of nitrogens with one attached hydrogen (secondary N) is 1. The van der Waals surface area contributed by atoms with Gasteiger partial charge in [-0.2, -0.15) is 0 Å². The third kappa shape index (κ3) is 1.45. The number of hydrogen-bond donors (Lipinski definition) is 1. The lowest BCUT2D eigenvalue weighted by Crippen LogP contribution is -1.80. The fourth-order valence-corrected chi connectivity index (χ4v) is 2.05. The number of aromatic amines is 1. The molecular formula is C13H10N2O2. The first-order valence-electron chi connectivity index (χ1n) is 5.24. The van der Waals surface area contributed by atoms with Crippen LogP contribution in [0.2, 0.25) is 0 Å². The van der Waals surface area contributed by atoms with Gasteiger partial charge < -0.3 is 9.72 Å². The molecule has 0 amide bonds. The summed E-state index contributed by atoms with van der Waals surface area (Å²) in [7, 11) is 1.63. The third-order valence-corrected chi connectivity index (χ3v) is 2.89. The van der Waals surface area contributed by atoms with Crippen LogP contribution in [0, 0.1) is 4.91 Å². The Bertz CT molecular complexity index is 716. The van der Waals surface area contributed by atoms with Gasteiger partial charge in [0, 0.05) is 21.8 Å². The van der Waals surface area contributed by atoms with E-state index in [0.717, 1.165) is 27.6 Å². The minimum atomic E-state index is 0.432. The fourth-order valence-electron chi connectivity index (χ4n) is 2.05.